The van der Waals surface area contributed by atoms with Crippen LogP contribution >= 0.6 is 0 Å². The highest BCUT2D eigenvalue weighted by Gasteiger charge is 2.47. The van der Waals surface area contributed by atoms with Crippen molar-refractivity contribution in [1.29, 1.82) is 0 Å². The van der Waals surface area contributed by atoms with Crippen LogP contribution in [0.3, 0.4) is 0 Å². The van der Waals surface area contributed by atoms with Gasteiger partial charge in [0.1, 0.15) is 0 Å². The van der Waals surface area contributed by atoms with Crippen LogP contribution in [0, 0.1) is 0 Å². The van der Waals surface area contributed by atoms with E-state index in [1.807, 2.05) is 20.8 Å². The number of nitrogens with one attached hydrogen (secondary N) is 1. The lowest BCUT2D eigenvalue weighted by molar-refractivity contribution is 0.0708. The molecule has 44 heavy (non-hydrogen) atoms. The van der Waals surface area contributed by atoms with Crippen molar-refractivity contribution in [2.24, 2.45) is 0 Å². The molecule has 1 aromatic rings. The van der Waals surface area contributed by atoms with E-state index in [2.05, 4.69) is 63.2 Å². The van der Waals surface area contributed by atoms with E-state index in [1.165, 1.54) is 23.7 Å². The van der Waals surface area contributed by atoms with Crippen LogP contribution in [0.4, 0.5) is 5.69 Å². The molecule has 0 bridgehead atoms. The first-order valence-electron chi connectivity index (χ1n) is 17.2. The summed E-state index contributed by atoms with van der Waals surface area (Å²) < 4.78 is 36.2. The molecule has 0 amide bonds. The summed E-state index contributed by atoms with van der Waals surface area (Å²) in [5, 5.41) is 7.05. The van der Waals surface area contributed by atoms with Crippen LogP contribution in [-0.2, 0) is 33.0 Å². The summed E-state index contributed by atoms with van der Waals surface area (Å²) in [6.07, 6.45) is 3.39. The third-order valence-corrected chi connectivity index (χ3v) is 19.9. The number of benzene rings is 1. The second-order valence-electron chi connectivity index (χ2n) is 12.0. The van der Waals surface area contributed by atoms with Gasteiger partial charge in [0.05, 0.1) is 23.1 Å². The van der Waals surface area contributed by atoms with Crippen LogP contribution in [0.1, 0.15) is 64.6 Å². The molecule has 0 aliphatic carbocycles. The molecule has 258 valence electrons. The van der Waals surface area contributed by atoms with Gasteiger partial charge >= 0.3 is 17.6 Å². The van der Waals surface area contributed by atoms with Gasteiger partial charge in [0.15, 0.2) is 0 Å². The molecule has 0 aliphatic heterocycles. The molecule has 13 heteroatoms. The van der Waals surface area contributed by atoms with Crippen LogP contribution in [0.25, 0.3) is 0 Å². The maximum absolute atomic E-state index is 6.04. The zero-order valence-corrected chi connectivity index (χ0v) is 36.4. The Hall–Kier alpha value is -0.176. The fraction of sp³-hybridized carbons (Fsp3) is 0.806. The number of rotatable bonds is 25. The average molecular weight is 705 g/mol. The van der Waals surface area contributed by atoms with Gasteiger partial charge in [-0.15, -0.1) is 0 Å². The molecular formula is C31H68N2O6Si5. The van der Waals surface area contributed by atoms with Gasteiger partial charge in [-0.05, 0) is 76.5 Å². The molecular weight excluding hydrogens is 637 g/mol. The Morgan fingerprint density at radius 3 is 1.84 bits per heavy atom. The molecule has 0 spiro atoms. The molecule has 0 heterocycles. The number of nitrogens with zero attached hydrogens (tertiary/aromatic N) is 1. The normalized spacial score (nSPS) is 13.6. The summed E-state index contributed by atoms with van der Waals surface area (Å²) in [7, 11) is -2.73. The summed E-state index contributed by atoms with van der Waals surface area (Å²) in [6, 6.07) is 4.75. The minimum atomic E-state index is -2.89. The average Bonchev–Trinajstić information content (AvgIpc) is 3.00. The number of anilines is 1. The first-order valence-corrected chi connectivity index (χ1v) is 28.7. The van der Waals surface area contributed by atoms with E-state index in [9.17, 15) is 0 Å². The van der Waals surface area contributed by atoms with E-state index in [1.54, 1.807) is 37.3 Å². The molecule has 1 aromatic carbocycles. The molecule has 0 saturated heterocycles. The van der Waals surface area contributed by atoms with Crippen LogP contribution in [-0.4, -0.2) is 112 Å². The molecule has 0 fully saturated rings. The lowest BCUT2D eigenvalue weighted by atomic mass is 10.0. The van der Waals surface area contributed by atoms with Crippen molar-refractivity contribution in [3.8, 4) is 0 Å². The van der Waals surface area contributed by atoms with Gasteiger partial charge in [-0.2, -0.15) is 0 Å². The zero-order valence-electron chi connectivity index (χ0n) is 30.7. The van der Waals surface area contributed by atoms with Crippen molar-refractivity contribution in [1.82, 2.24) is 5.32 Å². The lowest BCUT2D eigenvalue weighted by Gasteiger charge is -2.37. The molecule has 1 atom stereocenters. The molecule has 1 unspecified atom stereocenters. The highest BCUT2D eigenvalue weighted by Crippen LogP contribution is 2.35. The minimum Gasteiger partial charge on any atom is -0.376 e. The maximum Gasteiger partial charge on any atom is 0.507 e. The third-order valence-electron chi connectivity index (χ3n) is 8.60. The Morgan fingerprint density at radius 2 is 1.41 bits per heavy atom. The lowest BCUT2D eigenvalue weighted by Crippen LogP contribution is -2.51. The molecule has 0 radical (unpaired) electrons. The summed E-state index contributed by atoms with van der Waals surface area (Å²) in [4.78, 5) is 2.58. The molecule has 0 aromatic heterocycles. The van der Waals surface area contributed by atoms with Crippen LogP contribution in [0.2, 0.25) is 38.3 Å². The van der Waals surface area contributed by atoms with Gasteiger partial charge in [-0.3, -0.25) is 0 Å². The van der Waals surface area contributed by atoms with Crippen molar-refractivity contribution >= 4 is 60.8 Å². The van der Waals surface area contributed by atoms with Crippen molar-refractivity contribution in [2.75, 3.05) is 71.9 Å². The van der Waals surface area contributed by atoms with Gasteiger partial charge in [0, 0.05) is 75.5 Å². The van der Waals surface area contributed by atoms with Crippen LogP contribution in [0.15, 0.2) is 6.07 Å². The quantitative estimate of drug-likeness (QED) is 0.123. The Kier molecular flexibility index (Phi) is 20.6. The fourth-order valence-corrected chi connectivity index (χ4v) is 16.2. The monoisotopic (exact) mass is 704 g/mol. The third kappa shape index (κ3) is 11.2. The largest absolute Gasteiger partial charge is 0.507 e. The first-order chi connectivity index (χ1) is 21.0. The molecule has 8 nitrogen and oxygen atoms in total. The standard InChI is InChI=1S/C31H68N2O6Si5/c1-14-33(15-2)30-28(26(6)44(34-7,35-8)36-9)24-29(41(10)11)27(31(30)42(12)13)20-22-40-25-32-21-19-23-43(37-16-3,38-17-4)39-18-5/h24,26,32,41-42H,14-23,25,40H2,1-13H3. The minimum absolute atomic E-state index is 0.0544. The van der Waals surface area contributed by atoms with E-state index in [-0.39, 0.29) is 15.1 Å². The van der Waals surface area contributed by atoms with Crippen molar-refractivity contribution in [3.05, 3.63) is 17.2 Å². The maximum atomic E-state index is 6.04. The summed E-state index contributed by atoms with van der Waals surface area (Å²) >= 11 is 0. The van der Waals surface area contributed by atoms with E-state index in [0.29, 0.717) is 19.8 Å². The van der Waals surface area contributed by atoms with Crippen molar-refractivity contribution in [3.63, 3.8) is 0 Å². The highest BCUT2D eigenvalue weighted by molar-refractivity contribution is 6.76. The van der Waals surface area contributed by atoms with E-state index in [0.717, 1.165) is 38.3 Å². The summed E-state index contributed by atoms with van der Waals surface area (Å²) in [5.74, 6) is 0. The van der Waals surface area contributed by atoms with Crippen molar-refractivity contribution < 1.29 is 26.6 Å². The highest BCUT2D eigenvalue weighted by atomic mass is 28.4. The van der Waals surface area contributed by atoms with Gasteiger partial charge in [-0.25, -0.2) is 0 Å². The topological polar surface area (TPSA) is 70.7 Å². The molecule has 1 rings (SSSR count). The van der Waals surface area contributed by atoms with Gasteiger partial charge in [0.2, 0.25) is 0 Å². The van der Waals surface area contributed by atoms with Gasteiger partial charge in [-0.1, -0.05) is 50.4 Å². The second kappa shape index (κ2) is 21.6. The van der Waals surface area contributed by atoms with Crippen molar-refractivity contribution in [2.45, 2.75) is 98.2 Å². The Bertz CT molecular complexity index is 910. The first kappa shape index (κ1) is 41.8. The predicted octanol–water partition coefficient (Wildman–Crippen LogP) is 3.56. The smallest absolute Gasteiger partial charge is 0.376 e. The molecule has 1 N–H and O–H groups in total. The Balaban J connectivity index is 3.22. The summed E-state index contributed by atoms with van der Waals surface area (Å²) in [5.41, 5.74) is 4.55. The van der Waals surface area contributed by atoms with Gasteiger partial charge < -0.3 is 36.8 Å². The van der Waals surface area contributed by atoms with Crippen LogP contribution in [0.5, 0.6) is 0 Å². The Morgan fingerprint density at radius 1 is 0.864 bits per heavy atom. The predicted molar refractivity (Wildman–Crippen MR) is 202 cm³/mol. The summed E-state index contributed by atoms with van der Waals surface area (Å²) in [6.45, 7) is 27.8. The SMILES string of the molecule is CCO[Si](CCCNC[SiH2]CCc1c([SiH](C)C)cc(C(C)[Si](OC)(OC)OC)c(N(CC)CC)c1[SiH](C)C)(OCC)OCC. The second-order valence-corrected chi connectivity index (χ2v) is 25.8. The van der Waals surface area contributed by atoms with Gasteiger partial charge in [0.25, 0.3) is 0 Å². The zero-order chi connectivity index (χ0) is 33.3. The van der Waals surface area contributed by atoms with E-state index in [4.69, 9.17) is 26.6 Å². The van der Waals surface area contributed by atoms with Crippen LogP contribution < -0.4 is 20.6 Å². The van der Waals surface area contributed by atoms with E-state index >= 15 is 0 Å². The fourth-order valence-electron chi connectivity index (χ4n) is 6.49. The number of hydrogen-bond acceptors (Lipinski definition) is 8. The number of hydrogen-bond donors (Lipinski definition) is 1. The Labute approximate surface area is 279 Å². The molecule has 0 aliphatic rings. The molecule has 0 saturated carbocycles. The van der Waals surface area contributed by atoms with E-state index < -0.39 is 35.2 Å².